The van der Waals surface area contributed by atoms with Gasteiger partial charge < -0.3 is 14.5 Å². The van der Waals surface area contributed by atoms with Crippen molar-refractivity contribution in [3.05, 3.63) is 87.6 Å². The van der Waals surface area contributed by atoms with E-state index in [0.717, 1.165) is 29.7 Å². The zero-order chi connectivity index (χ0) is 23.2. The zero-order valence-electron chi connectivity index (χ0n) is 19.2. The molecule has 4 rings (SSSR count). The highest BCUT2D eigenvalue weighted by atomic mass is 32.1. The molecule has 0 aliphatic carbocycles. The first-order valence-corrected chi connectivity index (χ1v) is 12.3. The molecular formula is C27H30N2O3S. The Labute approximate surface area is 199 Å². The molecule has 0 N–H and O–H groups in total. The Kier molecular flexibility index (Phi) is 7.45. The quantitative estimate of drug-likeness (QED) is 0.487. The van der Waals surface area contributed by atoms with Crippen molar-refractivity contribution in [3.63, 3.8) is 0 Å². The molecular weight excluding hydrogens is 432 g/mol. The number of rotatable bonds is 8. The molecule has 5 nitrogen and oxygen atoms in total. The molecule has 0 radical (unpaired) electrons. The summed E-state index contributed by atoms with van der Waals surface area (Å²) in [6, 6.07) is 19.7. The Bertz CT molecular complexity index is 1080. The fourth-order valence-corrected chi connectivity index (χ4v) is 5.33. The number of hydrogen-bond acceptors (Lipinski definition) is 4. The summed E-state index contributed by atoms with van der Waals surface area (Å²) >= 11 is 1.76. The second-order valence-electron chi connectivity index (χ2n) is 8.29. The molecule has 0 fully saturated rings. The number of carbonyl (C=O) groups is 2. The van der Waals surface area contributed by atoms with Gasteiger partial charge in [-0.3, -0.25) is 9.59 Å². The number of ether oxygens (including phenoxy) is 1. The summed E-state index contributed by atoms with van der Waals surface area (Å²) < 4.78 is 5.20. The van der Waals surface area contributed by atoms with Gasteiger partial charge in [-0.15, -0.1) is 11.3 Å². The molecule has 33 heavy (non-hydrogen) atoms. The number of amides is 2. The Morgan fingerprint density at radius 3 is 2.55 bits per heavy atom. The van der Waals surface area contributed by atoms with Crippen LogP contribution in [0.1, 0.15) is 41.0 Å². The lowest BCUT2D eigenvalue weighted by molar-refractivity contribution is -0.141. The van der Waals surface area contributed by atoms with E-state index in [9.17, 15) is 9.59 Å². The summed E-state index contributed by atoms with van der Waals surface area (Å²) in [6.45, 7) is 3.36. The van der Waals surface area contributed by atoms with Gasteiger partial charge in [0.1, 0.15) is 5.75 Å². The molecule has 3 aromatic rings. The van der Waals surface area contributed by atoms with Gasteiger partial charge in [0.25, 0.3) is 0 Å². The van der Waals surface area contributed by atoms with Crippen molar-refractivity contribution in [2.45, 2.75) is 32.2 Å². The van der Waals surface area contributed by atoms with Gasteiger partial charge in [0, 0.05) is 18.0 Å². The monoisotopic (exact) mass is 462 g/mol. The van der Waals surface area contributed by atoms with Crippen LogP contribution in [0, 0.1) is 0 Å². The van der Waals surface area contributed by atoms with Crippen molar-refractivity contribution in [2.75, 3.05) is 26.7 Å². The van der Waals surface area contributed by atoms with Gasteiger partial charge in [0.2, 0.25) is 11.8 Å². The van der Waals surface area contributed by atoms with E-state index >= 15 is 0 Å². The maximum absolute atomic E-state index is 13.6. The number of nitrogens with zero attached hydrogens (tertiary/aromatic N) is 2. The Morgan fingerprint density at radius 2 is 1.85 bits per heavy atom. The van der Waals surface area contributed by atoms with E-state index < -0.39 is 0 Å². The predicted octanol–water partition coefficient (Wildman–Crippen LogP) is 4.71. The standard InChI is InChI=1S/C27H30N2O3S/c1-3-15-28(25(30)18-20-9-11-22(32-2)12-10-20)19-26(31)29-16-13-24-23(14-17-33-24)27(29)21-7-5-4-6-8-21/h4-12,14,17,27H,3,13,15-16,18-19H2,1-2H3. The van der Waals surface area contributed by atoms with Gasteiger partial charge in [-0.2, -0.15) is 0 Å². The first-order valence-electron chi connectivity index (χ1n) is 11.4. The highest BCUT2D eigenvalue weighted by molar-refractivity contribution is 7.10. The number of hydrogen-bond donors (Lipinski definition) is 0. The van der Waals surface area contributed by atoms with Gasteiger partial charge in [-0.25, -0.2) is 0 Å². The first kappa shape index (κ1) is 23.1. The second kappa shape index (κ2) is 10.7. The largest absolute Gasteiger partial charge is 0.497 e. The lowest BCUT2D eigenvalue weighted by Crippen LogP contribution is -2.47. The normalized spacial score (nSPS) is 15.1. The highest BCUT2D eigenvalue weighted by Crippen LogP contribution is 2.37. The van der Waals surface area contributed by atoms with E-state index in [1.54, 1.807) is 23.3 Å². The van der Waals surface area contributed by atoms with Crippen LogP contribution in [0.15, 0.2) is 66.0 Å². The average Bonchev–Trinajstić information content (AvgIpc) is 3.33. The molecule has 1 aliphatic rings. The van der Waals surface area contributed by atoms with Crippen LogP contribution in [-0.4, -0.2) is 48.4 Å². The van der Waals surface area contributed by atoms with Crippen molar-refractivity contribution in [3.8, 4) is 5.75 Å². The van der Waals surface area contributed by atoms with Crippen molar-refractivity contribution in [1.29, 1.82) is 0 Å². The third-order valence-corrected chi connectivity index (χ3v) is 7.08. The molecule has 1 atom stereocenters. The Morgan fingerprint density at radius 1 is 1.09 bits per heavy atom. The van der Waals surface area contributed by atoms with Gasteiger partial charge in [-0.05, 0) is 53.1 Å². The average molecular weight is 463 g/mol. The van der Waals surface area contributed by atoms with Gasteiger partial charge in [0.15, 0.2) is 0 Å². The van der Waals surface area contributed by atoms with E-state index in [4.69, 9.17) is 4.74 Å². The first-order chi connectivity index (χ1) is 16.1. The predicted molar refractivity (Wildman–Crippen MR) is 132 cm³/mol. The molecule has 2 heterocycles. The Hall–Kier alpha value is -3.12. The smallest absolute Gasteiger partial charge is 0.242 e. The number of carbonyl (C=O) groups excluding carboxylic acids is 2. The molecule has 2 amide bonds. The number of thiophene rings is 1. The topological polar surface area (TPSA) is 49.9 Å². The molecule has 0 spiro atoms. The highest BCUT2D eigenvalue weighted by Gasteiger charge is 2.33. The van der Waals surface area contributed by atoms with Crippen molar-refractivity contribution in [1.82, 2.24) is 9.80 Å². The van der Waals surface area contributed by atoms with E-state index in [0.29, 0.717) is 13.1 Å². The van der Waals surface area contributed by atoms with Crippen LogP contribution in [0.2, 0.25) is 0 Å². The SMILES string of the molecule is CCCN(CC(=O)N1CCc2sccc2C1c1ccccc1)C(=O)Cc1ccc(OC)cc1. The fourth-order valence-electron chi connectivity index (χ4n) is 4.43. The van der Waals surface area contributed by atoms with E-state index in [1.807, 2.05) is 54.3 Å². The van der Waals surface area contributed by atoms with Gasteiger partial charge >= 0.3 is 0 Å². The summed E-state index contributed by atoms with van der Waals surface area (Å²) in [4.78, 5) is 31.7. The molecule has 0 saturated heterocycles. The minimum absolute atomic E-state index is 0.00256. The maximum atomic E-state index is 13.6. The minimum atomic E-state index is -0.103. The number of benzene rings is 2. The lowest BCUT2D eigenvalue weighted by atomic mass is 9.93. The summed E-state index contributed by atoms with van der Waals surface area (Å²) in [5, 5.41) is 2.11. The van der Waals surface area contributed by atoms with Crippen molar-refractivity contribution in [2.24, 2.45) is 0 Å². The van der Waals surface area contributed by atoms with Crippen LogP contribution >= 0.6 is 11.3 Å². The van der Waals surface area contributed by atoms with Gasteiger partial charge in [0.05, 0.1) is 26.1 Å². The molecule has 6 heteroatoms. The summed E-state index contributed by atoms with van der Waals surface area (Å²) in [7, 11) is 1.62. The van der Waals surface area contributed by atoms with Crippen LogP contribution in [0.3, 0.4) is 0 Å². The maximum Gasteiger partial charge on any atom is 0.242 e. The minimum Gasteiger partial charge on any atom is -0.497 e. The molecule has 0 bridgehead atoms. The molecule has 172 valence electrons. The van der Waals surface area contributed by atoms with Crippen molar-refractivity contribution >= 4 is 23.2 Å². The van der Waals surface area contributed by atoms with Crippen LogP contribution in [0.25, 0.3) is 0 Å². The second-order valence-corrected chi connectivity index (χ2v) is 9.29. The molecule has 0 saturated carbocycles. The lowest BCUT2D eigenvalue weighted by Gasteiger charge is -2.37. The number of fused-ring (bicyclic) bond motifs is 1. The van der Waals surface area contributed by atoms with E-state index in [1.165, 1.54) is 10.4 Å². The zero-order valence-corrected chi connectivity index (χ0v) is 20.0. The summed E-state index contributed by atoms with van der Waals surface area (Å²) in [5.41, 5.74) is 3.23. The third kappa shape index (κ3) is 5.28. The van der Waals surface area contributed by atoms with E-state index in [2.05, 4.69) is 23.6 Å². The molecule has 1 unspecified atom stereocenters. The third-order valence-electron chi connectivity index (χ3n) is 6.09. The number of methoxy groups -OCH3 is 1. The van der Waals surface area contributed by atoms with Crippen LogP contribution in [-0.2, 0) is 22.4 Å². The summed E-state index contributed by atoms with van der Waals surface area (Å²) in [6.07, 6.45) is 1.93. The van der Waals surface area contributed by atoms with Crippen LogP contribution in [0.4, 0.5) is 0 Å². The Balaban J connectivity index is 1.51. The van der Waals surface area contributed by atoms with Gasteiger partial charge in [-0.1, -0.05) is 49.4 Å². The van der Waals surface area contributed by atoms with Crippen LogP contribution in [0.5, 0.6) is 5.75 Å². The molecule has 1 aliphatic heterocycles. The molecule has 2 aromatic carbocycles. The van der Waals surface area contributed by atoms with Crippen molar-refractivity contribution < 1.29 is 14.3 Å². The van der Waals surface area contributed by atoms with E-state index in [-0.39, 0.29) is 30.8 Å². The fraction of sp³-hybridized carbons (Fsp3) is 0.333. The van der Waals surface area contributed by atoms with Crippen LogP contribution < -0.4 is 4.74 Å². The summed E-state index contributed by atoms with van der Waals surface area (Å²) in [5.74, 6) is 0.730. The molecule has 1 aromatic heterocycles.